The largest absolute Gasteiger partial charge is 2.00 e. The zero-order chi connectivity index (χ0) is 19.2. The molecule has 0 spiro atoms. The van der Waals surface area contributed by atoms with Crippen LogP contribution in [0.5, 0.6) is 0 Å². The summed E-state index contributed by atoms with van der Waals surface area (Å²) < 4.78 is 0. The smallest absolute Gasteiger partial charge is 0.550 e. The summed E-state index contributed by atoms with van der Waals surface area (Å²) in [7, 11) is 0. The van der Waals surface area contributed by atoms with Gasteiger partial charge in [0.15, 0.2) is 0 Å². The molecular formula is C21H40CaO4. The number of unbranched alkanes of at least 4 members (excludes halogenated alkanes) is 14. The third-order valence-electron chi connectivity index (χ3n) is 4.27. The topological polar surface area (TPSA) is 80.3 Å². The van der Waals surface area contributed by atoms with Crippen molar-refractivity contribution in [2.75, 3.05) is 0 Å². The summed E-state index contributed by atoms with van der Waals surface area (Å²) in [5.74, 6) is -1.90. The van der Waals surface area contributed by atoms with Gasteiger partial charge in [0.1, 0.15) is 0 Å². The molecule has 0 heterocycles. The molecule has 0 aliphatic rings. The van der Waals surface area contributed by atoms with E-state index < -0.39 is 11.9 Å². The van der Waals surface area contributed by atoms with Gasteiger partial charge in [-0.05, 0) is 19.3 Å². The Hall–Kier alpha value is 0.200. The standard InChI is InChI=1S/C18H36O2.C3H6O2.Ca/c1-2-3-4-5-6-7-8-9-10-11-12-13-14-15-16-17-18(19)20;1-2-3(4)5;/h2-17H2,1H3,(H,19,20);2H2,1H3,(H,4,5);/q;;+2/p-2. The van der Waals surface area contributed by atoms with Gasteiger partial charge in [-0.1, -0.05) is 104 Å². The van der Waals surface area contributed by atoms with Crippen LogP contribution in [0.25, 0.3) is 0 Å². The second kappa shape index (κ2) is 27.4. The molecular weight excluding hydrogens is 356 g/mol. The van der Waals surface area contributed by atoms with Crippen molar-refractivity contribution in [3.05, 3.63) is 0 Å². The van der Waals surface area contributed by atoms with Crippen molar-refractivity contribution < 1.29 is 19.8 Å². The molecule has 4 nitrogen and oxygen atoms in total. The fourth-order valence-corrected chi connectivity index (χ4v) is 2.64. The van der Waals surface area contributed by atoms with E-state index in [1.54, 1.807) is 0 Å². The van der Waals surface area contributed by atoms with Gasteiger partial charge >= 0.3 is 37.7 Å². The van der Waals surface area contributed by atoms with Crippen LogP contribution in [0.1, 0.15) is 123 Å². The second-order valence-corrected chi connectivity index (χ2v) is 6.80. The van der Waals surface area contributed by atoms with Crippen molar-refractivity contribution in [3.8, 4) is 0 Å². The van der Waals surface area contributed by atoms with E-state index in [4.69, 9.17) is 0 Å². The summed E-state index contributed by atoms with van der Waals surface area (Å²) in [6.45, 7) is 3.80. The van der Waals surface area contributed by atoms with Crippen molar-refractivity contribution in [2.24, 2.45) is 0 Å². The Morgan fingerprint density at radius 3 is 1.04 bits per heavy atom. The van der Waals surface area contributed by atoms with Crippen LogP contribution in [-0.2, 0) is 9.59 Å². The first-order chi connectivity index (χ1) is 12.0. The molecule has 0 saturated heterocycles. The van der Waals surface area contributed by atoms with Gasteiger partial charge in [-0.15, -0.1) is 0 Å². The molecule has 0 rings (SSSR count). The summed E-state index contributed by atoms with van der Waals surface area (Å²) in [4.78, 5) is 19.5. The monoisotopic (exact) mass is 396 g/mol. The molecule has 0 bridgehead atoms. The van der Waals surface area contributed by atoms with Gasteiger partial charge in [0, 0.05) is 11.9 Å². The molecule has 0 aromatic rings. The van der Waals surface area contributed by atoms with E-state index in [-0.39, 0.29) is 50.6 Å². The summed E-state index contributed by atoms with van der Waals surface area (Å²) in [5, 5.41) is 19.5. The van der Waals surface area contributed by atoms with E-state index in [0.717, 1.165) is 12.8 Å². The minimum atomic E-state index is -0.995. The van der Waals surface area contributed by atoms with E-state index in [1.165, 1.54) is 90.4 Å². The second-order valence-electron chi connectivity index (χ2n) is 6.80. The molecule has 0 aliphatic carbocycles. The quantitative estimate of drug-likeness (QED) is 0.277. The maximum Gasteiger partial charge on any atom is 2.00 e. The Labute approximate surface area is 191 Å². The van der Waals surface area contributed by atoms with Crippen molar-refractivity contribution in [2.45, 2.75) is 123 Å². The third kappa shape index (κ3) is 35.3. The number of carboxylic acids is 2. The minimum absolute atomic E-state index is 0. The van der Waals surface area contributed by atoms with Crippen LogP contribution in [0.15, 0.2) is 0 Å². The Morgan fingerprint density at radius 1 is 0.538 bits per heavy atom. The maximum absolute atomic E-state index is 10.2. The molecule has 150 valence electrons. The molecule has 26 heavy (non-hydrogen) atoms. The minimum Gasteiger partial charge on any atom is -0.550 e. The van der Waals surface area contributed by atoms with Gasteiger partial charge in [-0.2, -0.15) is 0 Å². The van der Waals surface area contributed by atoms with Crippen molar-refractivity contribution in [1.29, 1.82) is 0 Å². The van der Waals surface area contributed by atoms with Crippen molar-refractivity contribution in [1.82, 2.24) is 0 Å². The predicted octanol–water partition coefficient (Wildman–Crippen LogP) is 3.76. The fourth-order valence-electron chi connectivity index (χ4n) is 2.64. The van der Waals surface area contributed by atoms with Gasteiger partial charge in [-0.3, -0.25) is 0 Å². The zero-order valence-electron chi connectivity index (χ0n) is 17.4. The van der Waals surface area contributed by atoms with Crippen LogP contribution in [0.4, 0.5) is 0 Å². The first kappa shape index (κ1) is 30.9. The Morgan fingerprint density at radius 2 is 0.808 bits per heavy atom. The van der Waals surface area contributed by atoms with E-state index in [2.05, 4.69) is 6.92 Å². The van der Waals surface area contributed by atoms with Crippen LogP contribution in [0.2, 0.25) is 0 Å². The normalized spacial score (nSPS) is 9.77. The molecule has 0 atom stereocenters. The van der Waals surface area contributed by atoms with E-state index in [9.17, 15) is 19.8 Å². The molecule has 0 unspecified atom stereocenters. The molecule has 0 saturated carbocycles. The van der Waals surface area contributed by atoms with Crippen LogP contribution in [0, 0.1) is 0 Å². The third-order valence-corrected chi connectivity index (χ3v) is 4.27. The van der Waals surface area contributed by atoms with Crippen molar-refractivity contribution >= 4 is 49.7 Å². The average molecular weight is 397 g/mol. The number of carbonyl (C=O) groups is 2. The molecule has 5 heteroatoms. The summed E-state index contributed by atoms with van der Waals surface area (Å²) in [6, 6.07) is 0. The molecule has 0 fully saturated rings. The SMILES string of the molecule is CCC(=O)[O-].CCCCCCCCCCCCCCCCCC(=O)[O-].[Ca+2]. The number of aliphatic carboxylic acids is 2. The number of carboxylic acid groups (broad SMARTS) is 2. The Bertz CT molecular complexity index is 296. The van der Waals surface area contributed by atoms with Gasteiger partial charge < -0.3 is 19.8 Å². The first-order valence-corrected chi connectivity index (χ1v) is 10.4. The molecule has 0 radical (unpaired) electrons. The van der Waals surface area contributed by atoms with Crippen LogP contribution in [-0.4, -0.2) is 49.7 Å². The molecule has 0 aliphatic heterocycles. The first-order valence-electron chi connectivity index (χ1n) is 10.4. The molecule has 0 amide bonds. The molecule has 0 N–H and O–H groups in total. The van der Waals surface area contributed by atoms with E-state index >= 15 is 0 Å². The van der Waals surface area contributed by atoms with Crippen LogP contribution >= 0.6 is 0 Å². The molecule has 0 aromatic heterocycles. The number of hydrogen-bond acceptors (Lipinski definition) is 4. The predicted molar refractivity (Wildman–Crippen MR) is 106 cm³/mol. The van der Waals surface area contributed by atoms with Gasteiger partial charge in [-0.25, -0.2) is 0 Å². The van der Waals surface area contributed by atoms with Crippen LogP contribution in [0.3, 0.4) is 0 Å². The van der Waals surface area contributed by atoms with Gasteiger partial charge in [0.25, 0.3) is 0 Å². The number of rotatable bonds is 17. The fraction of sp³-hybridized carbons (Fsp3) is 0.905. The Balaban J connectivity index is -0.000000772. The van der Waals surface area contributed by atoms with E-state index in [0.29, 0.717) is 0 Å². The molecule has 0 aromatic carbocycles. The number of hydrogen-bond donors (Lipinski definition) is 0. The van der Waals surface area contributed by atoms with Gasteiger partial charge in [0.05, 0.1) is 0 Å². The van der Waals surface area contributed by atoms with Gasteiger partial charge in [0.2, 0.25) is 0 Å². The Kier molecular flexibility index (Phi) is 32.6. The zero-order valence-corrected chi connectivity index (χ0v) is 19.6. The summed E-state index contributed by atoms with van der Waals surface area (Å²) in [6.07, 6.45) is 20.0. The maximum atomic E-state index is 10.2. The van der Waals surface area contributed by atoms with Crippen LogP contribution < -0.4 is 10.2 Å². The van der Waals surface area contributed by atoms with Crippen molar-refractivity contribution in [3.63, 3.8) is 0 Å². The summed E-state index contributed by atoms with van der Waals surface area (Å²) >= 11 is 0. The number of carbonyl (C=O) groups excluding carboxylic acids is 2. The average Bonchev–Trinajstić information content (AvgIpc) is 2.58. The summed E-state index contributed by atoms with van der Waals surface area (Å²) in [5.41, 5.74) is 0. The van der Waals surface area contributed by atoms with E-state index in [1.807, 2.05) is 0 Å².